The van der Waals surface area contributed by atoms with Gasteiger partial charge in [0.05, 0.1) is 13.2 Å². The highest BCUT2D eigenvalue weighted by atomic mass is 16.5. The fourth-order valence-electron chi connectivity index (χ4n) is 2.10. The molecule has 0 unspecified atom stereocenters. The van der Waals surface area contributed by atoms with Crippen LogP contribution in [0.4, 0.5) is 5.95 Å². The van der Waals surface area contributed by atoms with Crippen LogP contribution in [0, 0.1) is 0 Å². The van der Waals surface area contributed by atoms with Gasteiger partial charge in [0.2, 0.25) is 5.95 Å². The first-order valence-corrected chi connectivity index (χ1v) is 7.34. The highest BCUT2D eigenvalue weighted by Crippen LogP contribution is 2.15. The molecule has 1 aromatic heterocycles. The topological polar surface area (TPSA) is 93.6 Å². The molecule has 0 amide bonds. The monoisotopic (exact) mass is 308 g/mol. The zero-order chi connectivity index (χ0) is 15.9. The summed E-state index contributed by atoms with van der Waals surface area (Å²) < 4.78 is 9.90. The van der Waals surface area contributed by atoms with Crippen molar-refractivity contribution in [2.24, 2.45) is 0 Å². The summed E-state index contributed by atoms with van der Waals surface area (Å²) in [4.78, 5) is 34.4. The highest BCUT2D eigenvalue weighted by molar-refractivity contribution is 6.01. The number of nitrogens with zero attached hydrogens (tertiary/aromatic N) is 3. The van der Waals surface area contributed by atoms with Crippen LogP contribution >= 0.6 is 0 Å². The molecule has 120 valence electrons. The second kappa shape index (κ2) is 7.69. The number of anilines is 1. The maximum Gasteiger partial charge on any atom is 0.358 e. The molecular formula is C14H20N4O4. The summed E-state index contributed by atoms with van der Waals surface area (Å²) in [5.74, 6) is -0.862. The Kier molecular flexibility index (Phi) is 5.65. The van der Waals surface area contributed by atoms with Gasteiger partial charge in [-0.15, -0.1) is 0 Å². The number of ether oxygens (including phenoxy) is 2. The van der Waals surface area contributed by atoms with E-state index < -0.39 is 11.9 Å². The van der Waals surface area contributed by atoms with Crippen molar-refractivity contribution in [2.75, 3.05) is 44.3 Å². The second-order valence-corrected chi connectivity index (χ2v) is 4.61. The zero-order valence-electron chi connectivity index (χ0n) is 12.8. The van der Waals surface area contributed by atoms with Crippen LogP contribution in [0.2, 0.25) is 0 Å². The molecule has 2 heterocycles. The van der Waals surface area contributed by atoms with Gasteiger partial charge in [-0.05, 0) is 13.8 Å². The molecule has 0 bridgehead atoms. The van der Waals surface area contributed by atoms with Gasteiger partial charge in [0.1, 0.15) is 5.56 Å². The van der Waals surface area contributed by atoms with Crippen molar-refractivity contribution >= 4 is 17.9 Å². The van der Waals surface area contributed by atoms with E-state index >= 15 is 0 Å². The van der Waals surface area contributed by atoms with E-state index in [4.69, 9.17) is 9.47 Å². The van der Waals surface area contributed by atoms with Crippen LogP contribution in [0.3, 0.4) is 0 Å². The first-order valence-electron chi connectivity index (χ1n) is 7.34. The molecule has 8 nitrogen and oxygen atoms in total. The first-order chi connectivity index (χ1) is 10.7. The molecule has 0 atom stereocenters. The number of nitrogens with one attached hydrogen (secondary N) is 1. The van der Waals surface area contributed by atoms with Gasteiger partial charge in [-0.25, -0.2) is 19.6 Å². The number of hydrogen-bond acceptors (Lipinski definition) is 8. The predicted octanol–water partition coefficient (Wildman–Crippen LogP) is 0.240. The molecule has 22 heavy (non-hydrogen) atoms. The van der Waals surface area contributed by atoms with E-state index in [0.29, 0.717) is 5.95 Å². The van der Waals surface area contributed by atoms with E-state index in [-0.39, 0.29) is 24.5 Å². The summed E-state index contributed by atoms with van der Waals surface area (Å²) in [5, 5.41) is 3.23. The third kappa shape index (κ3) is 3.70. The Morgan fingerprint density at radius 2 is 1.82 bits per heavy atom. The zero-order valence-corrected chi connectivity index (χ0v) is 12.8. The van der Waals surface area contributed by atoms with Crippen LogP contribution in [0.1, 0.15) is 34.7 Å². The summed E-state index contributed by atoms with van der Waals surface area (Å²) in [6, 6.07) is 0. The molecule has 0 spiro atoms. The number of hydrogen-bond donors (Lipinski definition) is 1. The van der Waals surface area contributed by atoms with Crippen molar-refractivity contribution in [3.63, 3.8) is 0 Å². The van der Waals surface area contributed by atoms with E-state index in [1.54, 1.807) is 13.8 Å². The van der Waals surface area contributed by atoms with E-state index in [2.05, 4.69) is 15.3 Å². The lowest BCUT2D eigenvalue weighted by atomic mass is 10.2. The van der Waals surface area contributed by atoms with Gasteiger partial charge in [-0.3, -0.25) is 0 Å². The number of carbonyl (C=O) groups excluding carboxylic acids is 2. The Bertz CT molecular complexity index is 544. The Labute approximate surface area is 128 Å². The number of esters is 2. The normalized spacial score (nSPS) is 14.5. The number of aromatic nitrogens is 2. The van der Waals surface area contributed by atoms with E-state index in [0.717, 1.165) is 26.2 Å². The average Bonchev–Trinajstić information content (AvgIpc) is 2.55. The highest BCUT2D eigenvalue weighted by Gasteiger charge is 2.24. The summed E-state index contributed by atoms with van der Waals surface area (Å²) in [7, 11) is 0. The molecule has 1 saturated heterocycles. The van der Waals surface area contributed by atoms with Crippen molar-refractivity contribution in [2.45, 2.75) is 13.8 Å². The minimum Gasteiger partial charge on any atom is -0.462 e. The lowest BCUT2D eigenvalue weighted by molar-refractivity contribution is 0.0472. The van der Waals surface area contributed by atoms with Gasteiger partial charge in [-0.2, -0.15) is 0 Å². The van der Waals surface area contributed by atoms with Crippen LogP contribution in [-0.2, 0) is 9.47 Å². The maximum atomic E-state index is 12.1. The van der Waals surface area contributed by atoms with Gasteiger partial charge in [0.25, 0.3) is 0 Å². The summed E-state index contributed by atoms with van der Waals surface area (Å²) in [6.45, 7) is 6.91. The molecular weight excluding hydrogens is 288 g/mol. The first kappa shape index (κ1) is 16.2. The molecule has 0 saturated carbocycles. The fraction of sp³-hybridized carbons (Fsp3) is 0.571. The largest absolute Gasteiger partial charge is 0.462 e. The van der Waals surface area contributed by atoms with Gasteiger partial charge in [0.15, 0.2) is 5.69 Å². The molecule has 1 aliphatic rings. The lowest BCUT2D eigenvalue weighted by Gasteiger charge is -2.27. The molecule has 0 aliphatic carbocycles. The molecule has 8 heteroatoms. The summed E-state index contributed by atoms with van der Waals surface area (Å²) in [6.07, 6.45) is 1.33. The van der Waals surface area contributed by atoms with Crippen molar-refractivity contribution in [1.29, 1.82) is 0 Å². The molecule has 1 aromatic rings. The van der Waals surface area contributed by atoms with E-state index in [1.807, 2.05) is 4.90 Å². The second-order valence-electron chi connectivity index (χ2n) is 4.61. The summed E-state index contributed by atoms with van der Waals surface area (Å²) in [5.41, 5.74) is -0.0250. The number of piperazine rings is 1. The Balaban J connectivity index is 2.33. The average molecular weight is 308 g/mol. The van der Waals surface area contributed by atoms with E-state index in [1.165, 1.54) is 6.20 Å². The molecule has 1 aliphatic heterocycles. The minimum atomic E-state index is -0.649. The Hall–Kier alpha value is -2.22. The Morgan fingerprint density at radius 1 is 1.18 bits per heavy atom. The quantitative estimate of drug-likeness (QED) is 0.773. The lowest BCUT2D eigenvalue weighted by Crippen LogP contribution is -2.44. The van der Waals surface area contributed by atoms with Gasteiger partial charge in [-0.1, -0.05) is 0 Å². The van der Waals surface area contributed by atoms with Crippen LogP contribution in [0.15, 0.2) is 6.20 Å². The van der Waals surface area contributed by atoms with Crippen molar-refractivity contribution in [3.8, 4) is 0 Å². The van der Waals surface area contributed by atoms with Crippen molar-refractivity contribution in [3.05, 3.63) is 17.5 Å². The standard InChI is InChI=1S/C14H20N4O4/c1-3-21-12(19)10-9-16-14(18-7-5-15-6-8-18)17-11(10)13(20)22-4-2/h9,15H,3-8H2,1-2H3. The maximum absolute atomic E-state index is 12.1. The third-order valence-corrected chi connectivity index (χ3v) is 3.14. The van der Waals surface area contributed by atoms with Gasteiger partial charge < -0.3 is 19.7 Å². The third-order valence-electron chi connectivity index (χ3n) is 3.14. The number of rotatable bonds is 5. The van der Waals surface area contributed by atoms with Crippen LogP contribution in [-0.4, -0.2) is 61.3 Å². The fourth-order valence-corrected chi connectivity index (χ4v) is 2.10. The minimum absolute atomic E-state index is 0.0270. The van der Waals surface area contributed by atoms with Gasteiger partial charge >= 0.3 is 11.9 Å². The molecule has 2 rings (SSSR count). The van der Waals surface area contributed by atoms with Crippen molar-refractivity contribution in [1.82, 2.24) is 15.3 Å². The SMILES string of the molecule is CCOC(=O)c1cnc(N2CCNCC2)nc1C(=O)OCC. The molecule has 1 N–H and O–H groups in total. The molecule has 1 fully saturated rings. The van der Waals surface area contributed by atoms with Crippen LogP contribution in [0.25, 0.3) is 0 Å². The van der Waals surface area contributed by atoms with E-state index in [9.17, 15) is 9.59 Å². The van der Waals surface area contributed by atoms with Gasteiger partial charge in [0, 0.05) is 32.4 Å². The predicted molar refractivity (Wildman–Crippen MR) is 79.0 cm³/mol. The van der Waals surface area contributed by atoms with Crippen LogP contribution < -0.4 is 10.2 Å². The van der Waals surface area contributed by atoms with Crippen molar-refractivity contribution < 1.29 is 19.1 Å². The molecule has 0 aromatic carbocycles. The number of carbonyl (C=O) groups is 2. The smallest absolute Gasteiger partial charge is 0.358 e. The Morgan fingerprint density at radius 3 is 2.45 bits per heavy atom. The van der Waals surface area contributed by atoms with Crippen LogP contribution in [0.5, 0.6) is 0 Å². The molecule has 0 radical (unpaired) electrons. The summed E-state index contributed by atoms with van der Waals surface area (Å²) >= 11 is 0.